The molecule has 0 bridgehead atoms. The minimum Gasteiger partial charge on any atom is -0.460 e. The molecule has 0 radical (unpaired) electrons. The number of benzene rings is 1. The molecule has 0 heterocycles. The van der Waals surface area contributed by atoms with Crippen molar-refractivity contribution in [1.29, 1.82) is 0 Å². The average molecular weight is 326 g/mol. The summed E-state index contributed by atoms with van der Waals surface area (Å²) >= 11 is 0. The number of carbonyl (C=O) groups is 2. The standard InChI is InChI=1S/C20H22O4/c21-18(23-14-16-8-3-1-4-9-16)20(12-7-13-20)19(22)24-15-17-10-5-2-6-11-17/h1,3-5,8-11H,2,6-7,12-15H2. The van der Waals surface area contributed by atoms with Crippen LogP contribution in [0, 0.1) is 5.41 Å². The maximum Gasteiger partial charge on any atom is 0.323 e. The first kappa shape index (κ1) is 16.5. The Bertz CT molecular complexity index is 653. The lowest BCUT2D eigenvalue weighted by Crippen LogP contribution is -2.47. The minimum atomic E-state index is -1.10. The smallest absolute Gasteiger partial charge is 0.323 e. The highest BCUT2D eigenvalue weighted by Crippen LogP contribution is 2.43. The first-order valence-corrected chi connectivity index (χ1v) is 8.45. The molecule has 0 spiro atoms. The van der Waals surface area contributed by atoms with Crippen molar-refractivity contribution in [2.24, 2.45) is 5.41 Å². The van der Waals surface area contributed by atoms with Crippen LogP contribution < -0.4 is 0 Å². The Balaban J connectivity index is 1.56. The van der Waals surface area contributed by atoms with Crippen molar-refractivity contribution in [3.8, 4) is 0 Å². The number of esters is 2. The van der Waals surface area contributed by atoms with Crippen LogP contribution in [0.15, 0.2) is 54.1 Å². The second-order valence-electron chi connectivity index (χ2n) is 6.33. The van der Waals surface area contributed by atoms with Gasteiger partial charge in [-0.2, -0.15) is 0 Å². The van der Waals surface area contributed by atoms with Gasteiger partial charge in [-0.1, -0.05) is 48.6 Å². The predicted octanol–water partition coefficient (Wildman–Crippen LogP) is 3.72. The monoisotopic (exact) mass is 326 g/mol. The maximum absolute atomic E-state index is 12.5. The molecule has 1 aromatic carbocycles. The first-order valence-electron chi connectivity index (χ1n) is 8.45. The molecule has 24 heavy (non-hydrogen) atoms. The van der Waals surface area contributed by atoms with E-state index in [0.717, 1.165) is 30.4 Å². The van der Waals surface area contributed by atoms with E-state index in [-0.39, 0.29) is 13.2 Å². The zero-order valence-electron chi connectivity index (χ0n) is 13.7. The summed E-state index contributed by atoms with van der Waals surface area (Å²) < 4.78 is 10.8. The van der Waals surface area contributed by atoms with Gasteiger partial charge in [-0.25, -0.2) is 0 Å². The van der Waals surface area contributed by atoms with E-state index in [9.17, 15) is 9.59 Å². The van der Waals surface area contributed by atoms with Gasteiger partial charge in [-0.3, -0.25) is 9.59 Å². The summed E-state index contributed by atoms with van der Waals surface area (Å²) in [6.45, 7) is 0.408. The zero-order chi connectivity index (χ0) is 16.8. The molecule has 0 aliphatic heterocycles. The van der Waals surface area contributed by atoms with E-state index in [1.165, 1.54) is 0 Å². The molecule has 0 N–H and O–H groups in total. The Morgan fingerprint density at radius 1 is 0.958 bits per heavy atom. The second-order valence-corrected chi connectivity index (χ2v) is 6.33. The van der Waals surface area contributed by atoms with Crippen LogP contribution in [-0.2, 0) is 25.7 Å². The number of hydrogen-bond donors (Lipinski definition) is 0. The molecule has 4 nitrogen and oxygen atoms in total. The van der Waals surface area contributed by atoms with Gasteiger partial charge in [0.05, 0.1) is 0 Å². The molecule has 4 heteroatoms. The van der Waals surface area contributed by atoms with Gasteiger partial charge in [-0.15, -0.1) is 0 Å². The summed E-state index contributed by atoms with van der Waals surface area (Å²) in [4.78, 5) is 24.9. The normalized spacial score (nSPS) is 18.2. The van der Waals surface area contributed by atoms with Crippen molar-refractivity contribution in [3.63, 3.8) is 0 Å². The van der Waals surface area contributed by atoms with Crippen LogP contribution in [0.1, 0.15) is 37.7 Å². The van der Waals surface area contributed by atoms with Crippen LogP contribution in [0.5, 0.6) is 0 Å². The molecule has 1 aromatic rings. The lowest BCUT2D eigenvalue weighted by Gasteiger charge is -2.36. The van der Waals surface area contributed by atoms with Crippen LogP contribution in [0.25, 0.3) is 0 Å². The van der Waals surface area contributed by atoms with Crippen LogP contribution in [0.2, 0.25) is 0 Å². The molecule has 2 aliphatic carbocycles. The molecule has 126 valence electrons. The molecule has 0 amide bonds. The summed E-state index contributed by atoms with van der Waals surface area (Å²) in [5.74, 6) is -0.914. The largest absolute Gasteiger partial charge is 0.460 e. The second kappa shape index (κ2) is 7.47. The topological polar surface area (TPSA) is 52.6 Å². The molecule has 0 unspecified atom stereocenters. The van der Waals surface area contributed by atoms with Crippen molar-refractivity contribution in [2.75, 3.05) is 6.61 Å². The number of carbonyl (C=O) groups excluding carboxylic acids is 2. The van der Waals surface area contributed by atoms with E-state index < -0.39 is 17.4 Å². The average Bonchev–Trinajstić information content (AvgIpc) is 2.59. The molecule has 0 saturated heterocycles. The molecule has 1 saturated carbocycles. The molecule has 1 fully saturated rings. The van der Waals surface area contributed by atoms with E-state index >= 15 is 0 Å². The highest BCUT2D eigenvalue weighted by Gasteiger charge is 2.53. The van der Waals surface area contributed by atoms with E-state index in [0.29, 0.717) is 12.8 Å². The Morgan fingerprint density at radius 3 is 2.25 bits per heavy atom. The molecule has 0 atom stereocenters. The molecule has 0 aromatic heterocycles. The Labute approximate surface area is 142 Å². The molecule has 3 rings (SSSR count). The van der Waals surface area contributed by atoms with Gasteiger partial charge < -0.3 is 9.47 Å². The van der Waals surface area contributed by atoms with Gasteiger partial charge in [0.2, 0.25) is 0 Å². The predicted molar refractivity (Wildman–Crippen MR) is 89.9 cm³/mol. The van der Waals surface area contributed by atoms with E-state index in [4.69, 9.17) is 9.47 Å². The van der Waals surface area contributed by atoms with Gasteiger partial charge >= 0.3 is 11.9 Å². The van der Waals surface area contributed by atoms with Gasteiger partial charge in [0, 0.05) is 0 Å². The highest BCUT2D eigenvalue weighted by molar-refractivity contribution is 6.01. The third-order valence-electron chi connectivity index (χ3n) is 4.64. The van der Waals surface area contributed by atoms with Crippen LogP contribution in [-0.4, -0.2) is 18.5 Å². The van der Waals surface area contributed by atoms with Crippen LogP contribution in [0.3, 0.4) is 0 Å². The summed E-state index contributed by atoms with van der Waals surface area (Å²) in [6.07, 6.45) is 9.95. The maximum atomic E-state index is 12.5. The van der Waals surface area contributed by atoms with Crippen LogP contribution in [0.4, 0.5) is 0 Å². The van der Waals surface area contributed by atoms with Crippen LogP contribution >= 0.6 is 0 Å². The minimum absolute atomic E-state index is 0.183. The Kier molecular flexibility index (Phi) is 5.14. The van der Waals surface area contributed by atoms with Gasteiger partial charge in [-0.05, 0) is 43.2 Å². The summed E-state index contributed by atoms with van der Waals surface area (Å²) in [6, 6.07) is 9.47. The zero-order valence-corrected chi connectivity index (χ0v) is 13.7. The lowest BCUT2D eigenvalue weighted by molar-refractivity contribution is -0.179. The van der Waals surface area contributed by atoms with Crippen molar-refractivity contribution < 1.29 is 19.1 Å². The molecular formula is C20H22O4. The third kappa shape index (κ3) is 3.58. The Hall–Kier alpha value is -2.36. The van der Waals surface area contributed by atoms with E-state index in [1.807, 2.05) is 36.4 Å². The molecule has 2 aliphatic rings. The number of allylic oxidation sites excluding steroid dienone is 2. The van der Waals surface area contributed by atoms with Crippen molar-refractivity contribution in [3.05, 3.63) is 59.7 Å². The summed E-state index contributed by atoms with van der Waals surface area (Å²) in [5.41, 5.74) is 0.793. The third-order valence-corrected chi connectivity index (χ3v) is 4.64. The fraction of sp³-hybridized carbons (Fsp3) is 0.400. The molecular weight excluding hydrogens is 304 g/mol. The summed E-state index contributed by atoms with van der Waals surface area (Å²) in [5, 5.41) is 0. The van der Waals surface area contributed by atoms with Crippen molar-refractivity contribution in [1.82, 2.24) is 0 Å². The SMILES string of the molecule is O=C(OCC1=CCCC=C1)C1(C(=O)OCc2ccccc2)CCC1. The first-order chi connectivity index (χ1) is 11.7. The quantitative estimate of drug-likeness (QED) is 0.590. The number of ether oxygens (including phenoxy) is 2. The van der Waals surface area contributed by atoms with Crippen molar-refractivity contribution >= 4 is 11.9 Å². The number of hydrogen-bond acceptors (Lipinski definition) is 4. The number of rotatable bonds is 6. The van der Waals surface area contributed by atoms with Gasteiger partial charge in [0.15, 0.2) is 5.41 Å². The fourth-order valence-electron chi connectivity index (χ4n) is 2.94. The lowest BCUT2D eigenvalue weighted by atomic mass is 9.69. The van der Waals surface area contributed by atoms with Gasteiger partial charge in [0.25, 0.3) is 0 Å². The van der Waals surface area contributed by atoms with E-state index in [1.54, 1.807) is 0 Å². The van der Waals surface area contributed by atoms with Crippen molar-refractivity contribution in [2.45, 2.75) is 38.7 Å². The fourth-order valence-corrected chi connectivity index (χ4v) is 2.94. The summed E-state index contributed by atoms with van der Waals surface area (Å²) in [7, 11) is 0. The van der Waals surface area contributed by atoms with E-state index in [2.05, 4.69) is 12.2 Å². The van der Waals surface area contributed by atoms with Gasteiger partial charge in [0.1, 0.15) is 13.2 Å². The highest BCUT2D eigenvalue weighted by atomic mass is 16.6. The Morgan fingerprint density at radius 2 is 1.67 bits per heavy atom.